The minimum atomic E-state index is 0.800. The van der Waals surface area contributed by atoms with E-state index in [4.69, 9.17) is 0 Å². The van der Waals surface area contributed by atoms with Crippen molar-refractivity contribution in [3.63, 3.8) is 0 Å². The minimum Gasteiger partial charge on any atom is -0.384 e. The summed E-state index contributed by atoms with van der Waals surface area (Å²) < 4.78 is 0. The van der Waals surface area contributed by atoms with Gasteiger partial charge in [-0.2, -0.15) is 23.5 Å². The molecule has 2 heterocycles. The van der Waals surface area contributed by atoms with Crippen molar-refractivity contribution in [3.05, 3.63) is 29.3 Å². The SMILES string of the molecule is c1cc2c(c(CNCC3CSCCS3)c1)NCC2. The fourth-order valence-corrected chi connectivity index (χ4v) is 5.23. The van der Waals surface area contributed by atoms with Crippen molar-refractivity contribution in [1.29, 1.82) is 0 Å². The average molecular weight is 280 g/mol. The zero-order valence-corrected chi connectivity index (χ0v) is 12.2. The molecule has 1 atom stereocenters. The summed E-state index contributed by atoms with van der Waals surface area (Å²) in [6.45, 7) is 3.24. The summed E-state index contributed by atoms with van der Waals surface area (Å²) in [4.78, 5) is 0. The van der Waals surface area contributed by atoms with Crippen molar-refractivity contribution >= 4 is 29.2 Å². The first kappa shape index (κ1) is 12.7. The molecule has 1 unspecified atom stereocenters. The monoisotopic (exact) mass is 280 g/mol. The van der Waals surface area contributed by atoms with Crippen LogP contribution in [-0.4, -0.2) is 35.6 Å². The first-order valence-corrected chi connectivity index (χ1v) is 8.88. The van der Waals surface area contributed by atoms with Crippen LogP contribution in [0.2, 0.25) is 0 Å². The van der Waals surface area contributed by atoms with Crippen molar-refractivity contribution in [3.8, 4) is 0 Å². The Morgan fingerprint density at radius 1 is 1.33 bits per heavy atom. The standard InChI is InChI=1S/C14H20N2S2/c1-2-11-4-5-16-14(11)12(3-1)8-15-9-13-10-17-6-7-18-13/h1-3,13,15-16H,4-10H2. The molecule has 0 aromatic heterocycles. The maximum Gasteiger partial charge on any atom is 0.0419 e. The lowest BCUT2D eigenvalue weighted by atomic mass is 10.1. The Balaban J connectivity index is 1.52. The van der Waals surface area contributed by atoms with Crippen LogP contribution >= 0.6 is 23.5 Å². The molecule has 4 heteroatoms. The lowest BCUT2D eigenvalue weighted by Crippen LogP contribution is -2.28. The largest absolute Gasteiger partial charge is 0.384 e. The van der Waals surface area contributed by atoms with Crippen molar-refractivity contribution in [2.45, 2.75) is 18.2 Å². The maximum absolute atomic E-state index is 3.63. The number of nitrogens with one attached hydrogen (secondary N) is 2. The highest BCUT2D eigenvalue weighted by atomic mass is 32.2. The van der Waals surface area contributed by atoms with Gasteiger partial charge in [-0.05, 0) is 17.5 Å². The van der Waals surface area contributed by atoms with Gasteiger partial charge in [-0.3, -0.25) is 0 Å². The summed E-state index contributed by atoms with van der Waals surface area (Å²) in [7, 11) is 0. The number of rotatable bonds is 4. The van der Waals surface area contributed by atoms with Gasteiger partial charge in [0.15, 0.2) is 0 Å². The third-order valence-electron chi connectivity index (χ3n) is 3.51. The minimum absolute atomic E-state index is 0.800. The van der Waals surface area contributed by atoms with E-state index >= 15 is 0 Å². The van der Waals surface area contributed by atoms with E-state index in [0.29, 0.717) is 0 Å². The first-order chi connectivity index (χ1) is 8.93. The third kappa shape index (κ3) is 2.98. The number of hydrogen-bond donors (Lipinski definition) is 2. The molecule has 2 N–H and O–H groups in total. The number of hydrogen-bond acceptors (Lipinski definition) is 4. The van der Waals surface area contributed by atoms with E-state index in [2.05, 4.69) is 52.4 Å². The molecule has 98 valence electrons. The molecule has 1 saturated heterocycles. The van der Waals surface area contributed by atoms with Crippen LogP contribution in [0.25, 0.3) is 0 Å². The summed E-state index contributed by atoms with van der Waals surface area (Å²) in [6, 6.07) is 6.67. The number of benzene rings is 1. The molecule has 0 spiro atoms. The molecule has 0 aliphatic carbocycles. The molecule has 0 bridgehead atoms. The van der Waals surface area contributed by atoms with Crippen LogP contribution in [0.15, 0.2) is 18.2 Å². The normalized spacial score (nSPS) is 22.6. The summed E-state index contributed by atoms with van der Waals surface area (Å²) in [6.07, 6.45) is 1.18. The molecule has 0 amide bonds. The molecule has 1 fully saturated rings. The molecule has 18 heavy (non-hydrogen) atoms. The van der Waals surface area contributed by atoms with Crippen LogP contribution in [0.5, 0.6) is 0 Å². The van der Waals surface area contributed by atoms with Crippen LogP contribution in [0.3, 0.4) is 0 Å². The van der Waals surface area contributed by atoms with Crippen LogP contribution in [0, 0.1) is 0 Å². The number of fused-ring (bicyclic) bond motifs is 1. The van der Waals surface area contributed by atoms with Crippen molar-refractivity contribution < 1.29 is 0 Å². The van der Waals surface area contributed by atoms with E-state index < -0.39 is 0 Å². The Kier molecular flexibility index (Phi) is 4.39. The highest BCUT2D eigenvalue weighted by Crippen LogP contribution is 2.27. The second kappa shape index (κ2) is 6.22. The van der Waals surface area contributed by atoms with E-state index in [9.17, 15) is 0 Å². The van der Waals surface area contributed by atoms with Crippen molar-refractivity contribution in [2.75, 3.05) is 35.7 Å². The van der Waals surface area contributed by atoms with Gasteiger partial charge in [0, 0.05) is 47.8 Å². The Labute approximate surface area is 118 Å². The fourth-order valence-electron chi connectivity index (χ4n) is 2.58. The number of thioether (sulfide) groups is 2. The molecule has 0 saturated carbocycles. The van der Waals surface area contributed by atoms with E-state index in [1.807, 2.05) is 0 Å². The van der Waals surface area contributed by atoms with E-state index in [0.717, 1.165) is 24.9 Å². The Hall–Kier alpha value is -0.320. The molecule has 2 aliphatic rings. The number of anilines is 1. The van der Waals surface area contributed by atoms with Crippen LogP contribution in [0.4, 0.5) is 5.69 Å². The zero-order valence-electron chi connectivity index (χ0n) is 10.6. The van der Waals surface area contributed by atoms with E-state index in [1.54, 1.807) is 0 Å². The molecule has 3 rings (SSSR count). The first-order valence-electron chi connectivity index (χ1n) is 6.68. The van der Waals surface area contributed by atoms with Gasteiger partial charge in [0.1, 0.15) is 0 Å². The second-order valence-corrected chi connectivity index (χ2v) is 7.38. The highest BCUT2D eigenvalue weighted by molar-refractivity contribution is 8.06. The molecular weight excluding hydrogens is 260 g/mol. The Morgan fingerprint density at radius 2 is 2.33 bits per heavy atom. The predicted molar refractivity (Wildman–Crippen MR) is 83.9 cm³/mol. The van der Waals surface area contributed by atoms with Gasteiger partial charge in [-0.25, -0.2) is 0 Å². The third-order valence-corrected chi connectivity index (χ3v) is 6.35. The van der Waals surface area contributed by atoms with Crippen molar-refractivity contribution in [2.24, 2.45) is 0 Å². The van der Waals surface area contributed by atoms with Gasteiger partial charge in [0.05, 0.1) is 0 Å². The van der Waals surface area contributed by atoms with Crippen molar-refractivity contribution in [1.82, 2.24) is 5.32 Å². The Morgan fingerprint density at radius 3 is 3.22 bits per heavy atom. The molecule has 1 aromatic rings. The van der Waals surface area contributed by atoms with Crippen LogP contribution in [0.1, 0.15) is 11.1 Å². The second-order valence-electron chi connectivity index (χ2n) is 4.83. The van der Waals surface area contributed by atoms with Crippen LogP contribution < -0.4 is 10.6 Å². The topological polar surface area (TPSA) is 24.1 Å². The van der Waals surface area contributed by atoms with Gasteiger partial charge in [-0.15, -0.1) is 0 Å². The molecule has 1 aromatic carbocycles. The smallest absolute Gasteiger partial charge is 0.0419 e. The summed E-state index contributed by atoms with van der Waals surface area (Å²) in [5.74, 6) is 3.96. The zero-order chi connectivity index (χ0) is 12.2. The van der Waals surface area contributed by atoms with E-state index in [-0.39, 0.29) is 0 Å². The van der Waals surface area contributed by atoms with Gasteiger partial charge in [-0.1, -0.05) is 18.2 Å². The van der Waals surface area contributed by atoms with Gasteiger partial charge in [0.25, 0.3) is 0 Å². The lowest BCUT2D eigenvalue weighted by Gasteiger charge is -2.21. The lowest BCUT2D eigenvalue weighted by molar-refractivity contribution is 0.687. The highest BCUT2D eigenvalue weighted by Gasteiger charge is 2.15. The predicted octanol–water partition coefficient (Wildman–Crippen LogP) is 2.59. The quantitative estimate of drug-likeness (QED) is 0.885. The van der Waals surface area contributed by atoms with Gasteiger partial charge >= 0.3 is 0 Å². The fraction of sp³-hybridized carbons (Fsp3) is 0.571. The average Bonchev–Trinajstić information content (AvgIpc) is 2.89. The maximum atomic E-state index is 3.63. The van der Waals surface area contributed by atoms with E-state index in [1.165, 1.54) is 40.5 Å². The molecule has 2 nitrogen and oxygen atoms in total. The molecule has 0 radical (unpaired) electrons. The van der Waals surface area contributed by atoms with Crippen LogP contribution in [-0.2, 0) is 13.0 Å². The summed E-state index contributed by atoms with van der Waals surface area (Å²) in [5, 5.41) is 7.93. The number of para-hydroxylation sites is 1. The summed E-state index contributed by atoms with van der Waals surface area (Å²) in [5.41, 5.74) is 4.30. The Bertz CT molecular complexity index is 403. The van der Waals surface area contributed by atoms with Gasteiger partial charge in [0.2, 0.25) is 0 Å². The molecular formula is C14H20N2S2. The molecule has 2 aliphatic heterocycles. The summed E-state index contributed by atoms with van der Waals surface area (Å²) >= 11 is 4.22. The van der Waals surface area contributed by atoms with Gasteiger partial charge < -0.3 is 10.6 Å².